The Morgan fingerprint density at radius 2 is 1.97 bits per heavy atom. The second-order valence-electron chi connectivity index (χ2n) is 7.19. The van der Waals surface area contributed by atoms with Gasteiger partial charge in [-0.1, -0.05) is 41.6 Å². The van der Waals surface area contributed by atoms with Crippen molar-refractivity contribution in [3.8, 4) is 0 Å². The van der Waals surface area contributed by atoms with Crippen LogP contribution in [0.5, 0.6) is 0 Å². The van der Waals surface area contributed by atoms with Crippen LogP contribution >= 0.6 is 23.4 Å². The van der Waals surface area contributed by atoms with Crippen molar-refractivity contribution in [2.75, 3.05) is 16.4 Å². The van der Waals surface area contributed by atoms with E-state index in [0.29, 0.717) is 15.8 Å². The molecule has 2 aromatic rings. The molecule has 2 atom stereocenters. The maximum absolute atomic E-state index is 13.1. The minimum Gasteiger partial charge on any atom is -0.315 e. The van der Waals surface area contributed by atoms with E-state index in [-0.39, 0.29) is 40.9 Å². The van der Waals surface area contributed by atoms with Gasteiger partial charge in [0.05, 0.1) is 24.0 Å². The van der Waals surface area contributed by atoms with Gasteiger partial charge in [0.15, 0.2) is 15.0 Å². The first-order chi connectivity index (χ1) is 13.7. The van der Waals surface area contributed by atoms with E-state index >= 15 is 0 Å². The van der Waals surface area contributed by atoms with E-state index in [4.69, 9.17) is 11.6 Å². The maximum atomic E-state index is 13.1. The monoisotopic (exact) mass is 452 g/mol. The number of carbonyl (C=O) groups excluding carboxylic acids is 1. The molecule has 0 aliphatic carbocycles. The topological polar surface area (TPSA) is 66.8 Å². The van der Waals surface area contributed by atoms with Crippen LogP contribution in [0, 0.1) is 12.7 Å². The van der Waals surface area contributed by atoms with Gasteiger partial charge in [0.25, 0.3) is 5.91 Å². The highest BCUT2D eigenvalue weighted by atomic mass is 35.5. The van der Waals surface area contributed by atoms with E-state index in [0.717, 1.165) is 11.3 Å². The normalized spacial score (nSPS) is 24.1. The maximum Gasteiger partial charge on any atom is 0.252 e. The molecular weight excluding hydrogens is 435 g/mol. The molecule has 4 rings (SSSR count). The molecule has 0 N–H and O–H groups in total. The number of benzene rings is 2. The smallest absolute Gasteiger partial charge is 0.252 e. The average molecular weight is 453 g/mol. The summed E-state index contributed by atoms with van der Waals surface area (Å²) in [7, 11) is -3.14. The molecule has 2 heterocycles. The third-order valence-corrected chi connectivity index (χ3v) is 8.43. The Bertz CT molecular complexity index is 1100. The van der Waals surface area contributed by atoms with E-state index < -0.39 is 9.84 Å². The average Bonchev–Trinajstić information content (AvgIpc) is 3.10. The SMILES string of the molecule is Cc1ccc(Cl)cc1N1C(=NC(=O)Cc2ccc(F)cc2)S[C@H]2CS(=O)(=O)C[C@@H]21. The molecule has 2 aliphatic rings. The van der Waals surface area contributed by atoms with Crippen LogP contribution < -0.4 is 4.90 Å². The van der Waals surface area contributed by atoms with E-state index in [1.807, 2.05) is 17.9 Å². The van der Waals surface area contributed by atoms with Crippen LogP contribution in [-0.2, 0) is 21.1 Å². The lowest BCUT2D eigenvalue weighted by molar-refractivity contribution is -0.117. The van der Waals surface area contributed by atoms with Crippen molar-refractivity contribution in [3.63, 3.8) is 0 Å². The van der Waals surface area contributed by atoms with Gasteiger partial charge in [-0.3, -0.25) is 4.79 Å². The zero-order valence-electron chi connectivity index (χ0n) is 15.5. The summed E-state index contributed by atoms with van der Waals surface area (Å²) in [6.45, 7) is 1.91. The number of carbonyl (C=O) groups is 1. The van der Waals surface area contributed by atoms with E-state index in [1.54, 1.807) is 24.3 Å². The van der Waals surface area contributed by atoms with Crippen molar-refractivity contribution in [1.29, 1.82) is 0 Å². The van der Waals surface area contributed by atoms with Crippen LogP contribution in [0.2, 0.25) is 5.02 Å². The molecule has 2 aliphatic heterocycles. The largest absolute Gasteiger partial charge is 0.315 e. The Morgan fingerprint density at radius 3 is 2.69 bits per heavy atom. The fraction of sp³-hybridized carbons (Fsp3) is 0.300. The first-order valence-electron chi connectivity index (χ1n) is 9.00. The summed E-state index contributed by atoms with van der Waals surface area (Å²) in [6, 6.07) is 10.8. The van der Waals surface area contributed by atoms with Crippen molar-refractivity contribution in [2.45, 2.75) is 24.6 Å². The molecule has 0 unspecified atom stereocenters. The van der Waals surface area contributed by atoms with Crippen molar-refractivity contribution in [2.24, 2.45) is 4.99 Å². The summed E-state index contributed by atoms with van der Waals surface area (Å²) in [4.78, 5) is 18.7. The number of rotatable bonds is 3. The molecule has 29 heavy (non-hydrogen) atoms. The van der Waals surface area contributed by atoms with Crippen LogP contribution in [0.15, 0.2) is 47.5 Å². The van der Waals surface area contributed by atoms with Gasteiger partial charge in [0, 0.05) is 16.0 Å². The lowest BCUT2D eigenvalue weighted by atomic mass is 10.1. The lowest BCUT2D eigenvalue weighted by Crippen LogP contribution is -2.38. The number of aliphatic imine (C=N–C) groups is 1. The molecule has 0 radical (unpaired) electrons. The predicted molar refractivity (Wildman–Crippen MR) is 115 cm³/mol. The summed E-state index contributed by atoms with van der Waals surface area (Å²) >= 11 is 7.49. The van der Waals surface area contributed by atoms with Crippen molar-refractivity contribution < 1.29 is 17.6 Å². The summed E-state index contributed by atoms with van der Waals surface area (Å²) < 4.78 is 37.4. The molecular formula is C20H18ClFN2O3S2. The second-order valence-corrected chi connectivity index (χ2v) is 11.0. The first kappa shape index (κ1) is 20.4. The van der Waals surface area contributed by atoms with Gasteiger partial charge in [-0.2, -0.15) is 4.99 Å². The number of hydrogen-bond donors (Lipinski definition) is 0. The molecule has 1 amide bonds. The van der Waals surface area contributed by atoms with Gasteiger partial charge in [-0.15, -0.1) is 0 Å². The highest BCUT2D eigenvalue weighted by molar-refractivity contribution is 8.16. The van der Waals surface area contributed by atoms with E-state index in [1.165, 1.54) is 23.9 Å². The number of sulfone groups is 1. The number of aryl methyl sites for hydroxylation is 1. The van der Waals surface area contributed by atoms with Crippen LogP contribution in [0.25, 0.3) is 0 Å². The Labute approximate surface area is 177 Å². The van der Waals surface area contributed by atoms with Crippen molar-refractivity contribution >= 4 is 50.0 Å². The molecule has 0 bridgehead atoms. The number of halogens is 2. The molecule has 2 saturated heterocycles. The second kappa shape index (κ2) is 7.74. The number of amidine groups is 1. The van der Waals surface area contributed by atoms with Gasteiger partial charge in [-0.05, 0) is 42.3 Å². The predicted octanol–water partition coefficient (Wildman–Crippen LogP) is 3.63. The van der Waals surface area contributed by atoms with Crippen LogP contribution in [0.4, 0.5) is 10.1 Å². The molecule has 152 valence electrons. The summed E-state index contributed by atoms with van der Waals surface area (Å²) in [5.74, 6) is -0.659. The summed E-state index contributed by atoms with van der Waals surface area (Å²) in [5.41, 5.74) is 2.33. The van der Waals surface area contributed by atoms with E-state index in [9.17, 15) is 17.6 Å². The molecule has 5 nitrogen and oxygen atoms in total. The van der Waals surface area contributed by atoms with Crippen LogP contribution in [-0.4, -0.2) is 42.3 Å². The Morgan fingerprint density at radius 1 is 1.24 bits per heavy atom. The fourth-order valence-electron chi connectivity index (χ4n) is 3.61. The third kappa shape index (κ3) is 4.34. The first-order valence-corrected chi connectivity index (χ1v) is 12.1. The zero-order valence-corrected chi connectivity index (χ0v) is 17.9. The van der Waals surface area contributed by atoms with Gasteiger partial charge in [-0.25, -0.2) is 12.8 Å². The van der Waals surface area contributed by atoms with Crippen LogP contribution in [0.3, 0.4) is 0 Å². The Balaban J connectivity index is 1.67. The third-order valence-electron chi connectivity index (χ3n) is 4.99. The number of hydrogen-bond acceptors (Lipinski definition) is 4. The summed E-state index contributed by atoms with van der Waals surface area (Å²) in [6.07, 6.45) is 0.0420. The number of amides is 1. The van der Waals surface area contributed by atoms with Gasteiger partial charge >= 0.3 is 0 Å². The van der Waals surface area contributed by atoms with Gasteiger partial charge < -0.3 is 4.90 Å². The number of thioether (sulfide) groups is 1. The molecule has 0 spiro atoms. The highest BCUT2D eigenvalue weighted by Gasteiger charge is 2.49. The highest BCUT2D eigenvalue weighted by Crippen LogP contribution is 2.42. The summed E-state index contributed by atoms with van der Waals surface area (Å²) in [5, 5.41) is 0.819. The number of nitrogens with zero attached hydrogens (tertiary/aromatic N) is 2. The van der Waals surface area contributed by atoms with E-state index in [2.05, 4.69) is 4.99 Å². The quantitative estimate of drug-likeness (QED) is 0.711. The standard InChI is InChI=1S/C20H18ClFN2O3S2/c1-12-2-5-14(21)9-16(12)24-17-10-29(26,27)11-18(17)28-20(24)23-19(25)8-13-3-6-15(22)7-4-13/h2-7,9,17-18H,8,10-11H2,1H3/t17-,18-/m0/s1. The number of fused-ring (bicyclic) bond motifs is 1. The fourth-order valence-corrected chi connectivity index (χ4v) is 7.70. The molecule has 0 aromatic heterocycles. The zero-order chi connectivity index (χ0) is 20.8. The van der Waals surface area contributed by atoms with Crippen molar-refractivity contribution in [3.05, 3.63) is 64.4 Å². The van der Waals surface area contributed by atoms with Crippen molar-refractivity contribution in [1.82, 2.24) is 0 Å². The Hall–Kier alpha value is -1.90. The lowest BCUT2D eigenvalue weighted by Gasteiger charge is -2.26. The molecule has 2 aromatic carbocycles. The van der Waals surface area contributed by atoms with Gasteiger partial charge in [0.1, 0.15) is 5.82 Å². The van der Waals surface area contributed by atoms with Crippen LogP contribution in [0.1, 0.15) is 11.1 Å². The minimum absolute atomic E-state index is 0.0157. The Kier molecular flexibility index (Phi) is 5.44. The minimum atomic E-state index is -3.14. The molecule has 0 saturated carbocycles. The molecule has 2 fully saturated rings. The molecule has 9 heteroatoms. The number of anilines is 1. The van der Waals surface area contributed by atoms with Gasteiger partial charge in [0.2, 0.25) is 0 Å².